The molecule has 1 unspecified atom stereocenters. The number of aliphatic hydroxyl groups is 1. The molecule has 2 aliphatic heterocycles. The third-order valence-electron chi connectivity index (χ3n) is 7.46. The van der Waals surface area contributed by atoms with Crippen LogP contribution in [-0.4, -0.2) is 66.7 Å². The van der Waals surface area contributed by atoms with E-state index in [1.54, 1.807) is 10.9 Å². The van der Waals surface area contributed by atoms with Crippen LogP contribution in [0.1, 0.15) is 67.3 Å². The molecule has 2 aromatic rings. The van der Waals surface area contributed by atoms with E-state index < -0.39 is 41.7 Å². The van der Waals surface area contributed by atoms with Gasteiger partial charge in [0.05, 0.1) is 18.6 Å². The summed E-state index contributed by atoms with van der Waals surface area (Å²) in [5.41, 5.74) is 2.96. The van der Waals surface area contributed by atoms with Crippen molar-refractivity contribution >= 4 is 28.3 Å². The van der Waals surface area contributed by atoms with Gasteiger partial charge in [-0.2, -0.15) is 0 Å². The molecule has 0 saturated carbocycles. The van der Waals surface area contributed by atoms with Crippen LogP contribution in [0.3, 0.4) is 0 Å². The van der Waals surface area contributed by atoms with E-state index in [-0.39, 0.29) is 22.2 Å². The first kappa shape index (κ1) is 25.9. The van der Waals surface area contributed by atoms with Gasteiger partial charge in [0.2, 0.25) is 0 Å². The topological polar surface area (TPSA) is 101 Å². The van der Waals surface area contributed by atoms with Crippen molar-refractivity contribution in [2.75, 3.05) is 6.61 Å². The average Bonchev–Trinajstić information content (AvgIpc) is 3.29. The van der Waals surface area contributed by atoms with Gasteiger partial charge in [-0.15, -0.1) is 0 Å². The maximum Gasteiger partial charge on any atom is 0.335 e. The van der Waals surface area contributed by atoms with Crippen molar-refractivity contribution in [2.45, 2.75) is 109 Å². The lowest BCUT2D eigenvalue weighted by atomic mass is 10.1. The largest absolute Gasteiger partial charge is 0.414 e. The zero-order chi connectivity index (χ0) is 25.0. The average molecular weight is 509 g/mol. The van der Waals surface area contributed by atoms with Gasteiger partial charge in [0.1, 0.15) is 30.2 Å². The first-order valence-electron chi connectivity index (χ1n) is 12.4. The number of fused-ring (bicyclic) bond motifs is 2. The zero-order valence-corrected chi connectivity index (χ0v) is 23.8. The fourth-order valence-corrected chi connectivity index (χ4v) is 16.7. The van der Waals surface area contributed by atoms with Crippen LogP contribution in [-0.2, 0) is 17.7 Å². The second-order valence-electron chi connectivity index (χ2n) is 10.9. The van der Waals surface area contributed by atoms with Gasteiger partial charge in [0.25, 0.3) is 0 Å². The Morgan fingerprint density at radius 1 is 0.941 bits per heavy atom. The van der Waals surface area contributed by atoms with Crippen molar-refractivity contribution < 1.29 is 22.8 Å². The minimum Gasteiger partial charge on any atom is -0.414 e. The molecular formula is C23H40N4O5Si2. The Labute approximate surface area is 204 Å². The van der Waals surface area contributed by atoms with Gasteiger partial charge in [-0.25, -0.2) is 15.0 Å². The SMILES string of the molecule is Cc1ncnc2c1ncn2[C@H]1O[C@H]2CO[Si](C(C)C)(C(C)C)O[Si](C(C)C)(C(C)C)O[C@H]2C1O. The quantitative estimate of drug-likeness (QED) is 0.595. The fraction of sp³-hybridized carbons (Fsp3) is 0.783. The third-order valence-corrected chi connectivity index (χ3v) is 17.7. The minimum absolute atomic E-state index is 0.176. The standard InChI is InChI=1S/C23H40N4O5Si2/c1-13(2)33(14(3)4)29-10-18-21(31-34(32-33,15(5)6)16(7)8)20(28)23(30-18)27-12-26-19-17(9)24-11-25-22(19)27/h11-16,18,20-21,23,28H,10H2,1-9H3/t18-,20?,21+,23-/m0/s1. The van der Waals surface area contributed by atoms with E-state index in [1.165, 1.54) is 6.33 Å². The summed E-state index contributed by atoms with van der Waals surface area (Å²) in [6.07, 6.45) is 0.589. The third kappa shape index (κ3) is 3.98. The van der Waals surface area contributed by atoms with Crippen LogP contribution in [0.4, 0.5) is 0 Å². The molecular weight excluding hydrogens is 468 g/mol. The number of aryl methyl sites for hydroxylation is 1. The first-order valence-corrected chi connectivity index (χ1v) is 16.4. The zero-order valence-electron chi connectivity index (χ0n) is 21.8. The maximum absolute atomic E-state index is 11.5. The van der Waals surface area contributed by atoms with E-state index in [4.69, 9.17) is 17.7 Å². The van der Waals surface area contributed by atoms with Gasteiger partial charge >= 0.3 is 17.1 Å². The summed E-state index contributed by atoms with van der Waals surface area (Å²) in [5.74, 6) is 0. The van der Waals surface area contributed by atoms with Crippen molar-refractivity contribution in [1.82, 2.24) is 19.5 Å². The molecule has 4 rings (SSSR count). The number of imidazole rings is 1. The molecule has 2 fully saturated rings. The Hall–Kier alpha value is -1.22. The van der Waals surface area contributed by atoms with Crippen molar-refractivity contribution in [2.24, 2.45) is 0 Å². The molecule has 4 heterocycles. The maximum atomic E-state index is 11.5. The highest BCUT2D eigenvalue weighted by atomic mass is 28.5. The van der Waals surface area contributed by atoms with Crippen LogP contribution < -0.4 is 0 Å². The lowest BCUT2D eigenvalue weighted by Gasteiger charge is -2.51. The lowest BCUT2D eigenvalue weighted by Crippen LogP contribution is -2.65. The molecule has 2 aromatic heterocycles. The van der Waals surface area contributed by atoms with Gasteiger partial charge in [-0.05, 0) is 29.1 Å². The van der Waals surface area contributed by atoms with E-state index >= 15 is 0 Å². The summed E-state index contributed by atoms with van der Waals surface area (Å²) in [7, 11) is -5.51. The molecule has 0 spiro atoms. The molecule has 11 heteroatoms. The number of aliphatic hydroxyl groups excluding tert-OH is 1. The number of ether oxygens (including phenoxy) is 1. The van der Waals surface area contributed by atoms with Gasteiger partial charge in [-0.3, -0.25) is 4.57 Å². The predicted molar refractivity (Wildman–Crippen MR) is 134 cm³/mol. The molecule has 34 heavy (non-hydrogen) atoms. The van der Waals surface area contributed by atoms with Crippen LogP contribution >= 0.6 is 0 Å². The Morgan fingerprint density at radius 2 is 1.56 bits per heavy atom. The summed E-state index contributed by atoms with van der Waals surface area (Å²) in [5, 5.41) is 11.5. The van der Waals surface area contributed by atoms with Crippen LogP contribution in [0.15, 0.2) is 12.7 Å². The fourth-order valence-electron chi connectivity index (χ4n) is 5.52. The number of nitrogens with zero attached hydrogens (tertiary/aromatic N) is 4. The van der Waals surface area contributed by atoms with Crippen LogP contribution in [0.5, 0.6) is 0 Å². The highest BCUT2D eigenvalue weighted by Gasteiger charge is 2.61. The summed E-state index contributed by atoms with van der Waals surface area (Å²) >= 11 is 0. The lowest BCUT2D eigenvalue weighted by molar-refractivity contribution is -0.0570. The Bertz CT molecular complexity index is 998. The monoisotopic (exact) mass is 508 g/mol. The van der Waals surface area contributed by atoms with Crippen LogP contribution in [0, 0.1) is 6.92 Å². The number of rotatable bonds is 5. The highest BCUT2D eigenvalue weighted by Crippen LogP contribution is 2.48. The molecule has 1 N–H and O–H groups in total. The minimum atomic E-state index is -2.84. The van der Waals surface area contributed by atoms with E-state index in [9.17, 15) is 5.11 Å². The molecule has 0 aromatic carbocycles. The Balaban J connectivity index is 1.77. The normalized spacial score (nSPS) is 29.2. The van der Waals surface area contributed by atoms with Crippen LogP contribution in [0.2, 0.25) is 22.2 Å². The molecule has 4 atom stereocenters. The summed E-state index contributed by atoms with van der Waals surface area (Å²) in [6.45, 7) is 19.7. The molecule has 0 radical (unpaired) electrons. The van der Waals surface area contributed by atoms with Gasteiger partial charge < -0.3 is 22.8 Å². The summed E-state index contributed by atoms with van der Waals surface area (Å²) < 4.78 is 29.2. The van der Waals surface area contributed by atoms with E-state index in [2.05, 4.69) is 70.3 Å². The second-order valence-corrected chi connectivity index (χ2v) is 19.7. The molecule has 0 amide bonds. The van der Waals surface area contributed by atoms with Crippen molar-refractivity contribution in [3.8, 4) is 0 Å². The van der Waals surface area contributed by atoms with E-state index in [0.29, 0.717) is 17.8 Å². The summed E-state index contributed by atoms with van der Waals surface area (Å²) in [6, 6.07) is 0. The molecule has 0 aliphatic carbocycles. The van der Waals surface area contributed by atoms with Crippen molar-refractivity contribution in [1.29, 1.82) is 0 Å². The van der Waals surface area contributed by atoms with Gasteiger partial charge in [0.15, 0.2) is 11.9 Å². The number of aromatic nitrogens is 4. The predicted octanol–water partition coefficient (Wildman–Crippen LogP) is 4.35. The second kappa shape index (κ2) is 9.34. The number of hydrogen-bond donors (Lipinski definition) is 1. The smallest absolute Gasteiger partial charge is 0.335 e. The van der Waals surface area contributed by atoms with Crippen molar-refractivity contribution in [3.63, 3.8) is 0 Å². The van der Waals surface area contributed by atoms with Gasteiger partial charge in [0, 0.05) is 0 Å². The van der Waals surface area contributed by atoms with Gasteiger partial charge in [-0.1, -0.05) is 55.4 Å². The Morgan fingerprint density at radius 3 is 2.15 bits per heavy atom. The molecule has 190 valence electrons. The summed E-state index contributed by atoms with van der Waals surface area (Å²) in [4.78, 5) is 13.1. The Kier molecular flexibility index (Phi) is 7.11. The van der Waals surface area contributed by atoms with E-state index in [0.717, 1.165) is 5.69 Å². The molecule has 2 aliphatic rings. The van der Waals surface area contributed by atoms with E-state index in [1.807, 2.05) is 6.92 Å². The number of hydrogen-bond acceptors (Lipinski definition) is 8. The molecule has 9 nitrogen and oxygen atoms in total. The first-order chi connectivity index (χ1) is 15.9. The molecule has 0 bridgehead atoms. The van der Waals surface area contributed by atoms with Crippen LogP contribution in [0.25, 0.3) is 11.2 Å². The van der Waals surface area contributed by atoms with Crippen molar-refractivity contribution in [3.05, 3.63) is 18.3 Å². The highest BCUT2D eigenvalue weighted by molar-refractivity contribution is 6.83. The molecule has 2 saturated heterocycles.